The molecule has 0 aliphatic carbocycles. The molecule has 0 saturated carbocycles. The van der Waals surface area contributed by atoms with Gasteiger partial charge in [-0.2, -0.15) is 0 Å². The first-order valence-electron chi connectivity index (χ1n) is 7.40. The van der Waals surface area contributed by atoms with Gasteiger partial charge in [-0.15, -0.1) is 0 Å². The van der Waals surface area contributed by atoms with E-state index in [2.05, 4.69) is 9.72 Å². The van der Waals surface area contributed by atoms with E-state index >= 15 is 0 Å². The SMILES string of the molecule is COC(=O)c1cnc2c(c1)N(Cc1cc(F)cc(F)c1)C(=O)[C@@H](C)S2. The summed E-state index contributed by atoms with van der Waals surface area (Å²) in [5, 5.41) is 0.166. The maximum atomic E-state index is 13.4. The number of carbonyl (C=O) groups excluding carboxylic acids is 2. The second-order valence-corrected chi connectivity index (χ2v) is 6.83. The van der Waals surface area contributed by atoms with Crippen LogP contribution in [0.4, 0.5) is 14.5 Å². The molecule has 0 spiro atoms. The molecule has 1 atom stereocenters. The number of thioether (sulfide) groups is 1. The fourth-order valence-electron chi connectivity index (χ4n) is 2.56. The summed E-state index contributed by atoms with van der Waals surface area (Å²) in [7, 11) is 1.25. The molecule has 2 aromatic rings. The Morgan fingerprint density at radius 3 is 2.60 bits per heavy atom. The van der Waals surface area contributed by atoms with E-state index in [-0.39, 0.29) is 18.0 Å². The van der Waals surface area contributed by atoms with Crippen LogP contribution in [0.3, 0.4) is 0 Å². The lowest BCUT2D eigenvalue weighted by Gasteiger charge is -2.32. The van der Waals surface area contributed by atoms with Gasteiger partial charge in [0.05, 0.1) is 30.2 Å². The van der Waals surface area contributed by atoms with Gasteiger partial charge in [0.15, 0.2) is 0 Å². The van der Waals surface area contributed by atoms with Crippen molar-refractivity contribution in [3.8, 4) is 0 Å². The van der Waals surface area contributed by atoms with Gasteiger partial charge in [0.2, 0.25) is 5.91 Å². The van der Waals surface area contributed by atoms with E-state index in [0.29, 0.717) is 16.3 Å². The summed E-state index contributed by atoms with van der Waals surface area (Å²) < 4.78 is 31.6. The highest BCUT2D eigenvalue weighted by molar-refractivity contribution is 8.00. The van der Waals surface area contributed by atoms with Crippen molar-refractivity contribution in [1.82, 2.24) is 4.98 Å². The molecule has 1 aliphatic rings. The molecule has 1 aromatic carbocycles. The molecule has 2 heterocycles. The number of carbonyl (C=O) groups is 2. The number of halogens is 2. The first kappa shape index (κ1) is 17.3. The summed E-state index contributed by atoms with van der Waals surface area (Å²) in [5.74, 6) is -2.25. The molecule has 3 rings (SSSR count). The van der Waals surface area contributed by atoms with Gasteiger partial charge in [0, 0.05) is 12.3 Å². The first-order valence-corrected chi connectivity index (χ1v) is 8.28. The zero-order valence-corrected chi connectivity index (χ0v) is 14.3. The number of pyridine rings is 1. The summed E-state index contributed by atoms with van der Waals surface area (Å²) in [4.78, 5) is 29.9. The molecule has 0 N–H and O–H groups in total. The van der Waals surface area contributed by atoms with Crippen molar-refractivity contribution in [3.63, 3.8) is 0 Å². The predicted molar refractivity (Wildman–Crippen MR) is 88.4 cm³/mol. The number of fused-ring (bicyclic) bond motifs is 1. The Hall–Kier alpha value is -2.48. The summed E-state index contributed by atoms with van der Waals surface area (Å²) in [5.41, 5.74) is 0.916. The van der Waals surface area contributed by atoms with Gasteiger partial charge in [0.1, 0.15) is 16.7 Å². The molecule has 5 nitrogen and oxygen atoms in total. The summed E-state index contributed by atoms with van der Waals surface area (Å²) in [6.45, 7) is 1.70. The Bertz CT molecular complexity index is 840. The lowest BCUT2D eigenvalue weighted by molar-refractivity contribution is -0.118. The third kappa shape index (κ3) is 3.48. The van der Waals surface area contributed by atoms with Crippen molar-refractivity contribution in [1.29, 1.82) is 0 Å². The van der Waals surface area contributed by atoms with Crippen LogP contribution in [0.1, 0.15) is 22.8 Å². The average Bonchev–Trinajstić information content (AvgIpc) is 2.57. The van der Waals surface area contributed by atoms with E-state index in [4.69, 9.17) is 0 Å². The normalized spacial score (nSPS) is 16.6. The molecule has 8 heteroatoms. The van der Waals surface area contributed by atoms with Crippen molar-refractivity contribution in [2.75, 3.05) is 12.0 Å². The van der Waals surface area contributed by atoms with Crippen LogP contribution in [0.2, 0.25) is 0 Å². The molecule has 130 valence electrons. The zero-order chi connectivity index (χ0) is 18.1. The smallest absolute Gasteiger partial charge is 0.339 e. The van der Waals surface area contributed by atoms with Crippen LogP contribution in [0.15, 0.2) is 35.5 Å². The van der Waals surface area contributed by atoms with E-state index in [1.165, 1.54) is 48.2 Å². The lowest BCUT2D eigenvalue weighted by atomic mass is 10.1. The number of amides is 1. The van der Waals surface area contributed by atoms with Crippen LogP contribution in [0, 0.1) is 11.6 Å². The Morgan fingerprint density at radius 1 is 1.28 bits per heavy atom. The molecule has 1 aromatic heterocycles. The topological polar surface area (TPSA) is 59.5 Å². The molecule has 1 amide bonds. The van der Waals surface area contributed by atoms with Gasteiger partial charge < -0.3 is 9.64 Å². The third-order valence-corrected chi connectivity index (χ3v) is 4.80. The van der Waals surface area contributed by atoms with Crippen molar-refractivity contribution in [3.05, 3.63) is 53.2 Å². The van der Waals surface area contributed by atoms with E-state index in [1.54, 1.807) is 6.92 Å². The fraction of sp³-hybridized carbons (Fsp3) is 0.235. The van der Waals surface area contributed by atoms with Gasteiger partial charge in [0.25, 0.3) is 0 Å². The standard InChI is InChI=1S/C17H14F2N2O3S/c1-9-16(22)21(8-10-3-12(18)6-13(19)4-10)14-5-11(17(23)24-2)7-20-15(14)25-9/h3-7,9H,8H2,1-2H3/t9-/m1/s1. The average molecular weight is 364 g/mol. The van der Waals surface area contributed by atoms with E-state index < -0.39 is 22.9 Å². The number of ether oxygens (including phenoxy) is 1. The maximum Gasteiger partial charge on any atom is 0.339 e. The van der Waals surface area contributed by atoms with Crippen LogP contribution in [-0.4, -0.2) is 29.2 Å². The molecular weight excluding hydrogens is 350 g/mol. The molecule has 0 fully saturated rings. The van der Waals surface area contributed by atoms with Crippen LogP contribution < -0.4 is 4.90 Å². The number of hydrogen-bond donors (Lipinski definition) is 0. The van der Waals surface area contributed by atoms with Gasteiger partial charge in [-0.05, 0) is 30.7 Å². The van der Waals surface area contributed by atoms with Gasteiger partial charge in [-0.25, -0.2) is 18.6 Å². The van der Waals surface area contributed by atoms with Crippen molar-refractivity contribution >= 4 is 29.3 Å². The molecule has 0 bridgehead atoms. The minimum Gasteiger partial charge on any atom is -0.465 e. The highest BCUT2D eigenvalue weighted by Gasteiger charge is 2.32. The Balaban J connectivity index is 2.03. The van der Waals surface area contributed by atoms with Crippen LogP contribution in [0.25, 0.3) is 0 Å². The molecule has 0 radical (unpaired) electrons. The molecule has 1 aliphatic heterocycles. The summed E-state index contributed by atoms with van der Waals surface area (Å²) in [6.07, 6.45) is 1.38. The number of hydrogen-bond acceptors (Lipinski definition) is 5. The van der Waals surface area contributed by atoms with Gasteiger partial charge in [-0.3, -0.25) is 4.79 Å². The monoisotopic (exact) mass is 364 g/mol. The van der Waals surface area contributed by atoms with Crippen LogP contribution in [0.5, 0.6) is 0 Å². The quantitative estimate of drug-likeness (QED) is 0.783. The number of benzene rings is 1. The van der Waals surface area contributed by atoms with E-state index in [1.807, 2.05) is 0 Å². The maximum absolute atomic E-state index is 13.4. The number of methoxy groups -OCH3 is 1. The summed E-state index contributed by atoms with van der Waals surface area (Å²) >= 11 is 1.27. The van der Waals surface area contributed by atoms with Gasteiger partial charge >= 0.3 is 5.97 Å². The molecule has 0 unspecified atom stereocenters. The first-order chi connectivity index (χ1) is 11.9. The van der Waals surface area contributed by atoms with Gasteiger partial charge in [-0.1, -0.05) is 11.8 Å². The number of esters is 1. The second-order valence-electron chi connectivity index (χ2n) is 5.50. The number of anilines is 1. The van der Waals surface area contributed by atoms with Crippen molar-refractivity contribution in [2.24, 2.45) is 0 Å². The largest absolute Gasteiger partial charge is 0.465 e. The Labute approximate surface area is 147 Å². The molecule has 25 heavy (non-hydrogen) atoms. The lowest BCUT2D eigenvalue weighted by Crippen LogP contribution is -2.39. The molecular formula is C17H14F2N2O3S. The molecule has 0 saturated heterocycles. The van der Waals surface area contributed by atoms with Crippen molar-refractivity contribution in [2.45, 2.75) is 23.7 Å². The second kappa shape index (κ2) is 6.79. The highest BCUT2D eigenvalue weighted by Crippen LogP contribution is 2.38. The summed E-state index contributed by atoms with van der Waals surface area (Å²) in [6, 6.07) is 4.60. The fourth-order valence-corrected chi connectivity index (χ4v) is 3.52. The van der Waals surface area contributed by atoms with Crippen molar-refractivity contribution < 1.29 is 23.1 Å². The minimum absolute atomic E-state index is 0.0300. The number of aromatic nitrogens is 1. The number of nitrogens with zero attached hydrogens (tertiary/aromatic N) is 2. The van der Waals surface area contributed by atoms with E-state index in [0.717, 1.165) is 6.07 Å². The Morgan fingerprint density at radius 2 is 1.96 bits per heavy atom. The van der Waals surface area contributed by atoms with E-state index in [9.17, 15) is 18.4 Å². The third-order valence-electron chi connectivity index (χ3n) is 3.71. The zero-order valence-electron chi connectivity index (χ0n) is 13.5. The van der Waals surface area contributed by atoms with Crippen LogP contribution in [-0.2, 0) is 16.1 Å². The van der Waals surface area contributed by atoms with Crippen LogP contribution >= 0.6 is 11.8 Å². The predicted octanol–water partition coefficient (Wildman–Crippen LogP) is 3.17. The minimum atomic E-state index is -0.719. The highest BCUT2D eigenvalue weighted by atomic mass is 32.2. The number of rotatable bonds is 3. The Kier molecular flexibility index (Phi) is 4.71.